The Morgan fingerprint density at radius 1 is 1.41 bits per heavy atom. The number of thiocarbonyl (C=S) groups is 1. The lowest BCUT2D eigenvalue weighted by Gasteiger charge is -2.14. The van der Waals surface area contributed by atoms with E-state index in [1.165, 1.54) is 0 Å². The Bertz CT molecular complexity index is 500. The molecule has 17 heavy (non-hydrogen) atoms. The standard InChI is InChI=1S/C11H10Cl2N2OS/c12-6-1-2-7(13)8(5-6)15-10(16)11(3-4-11)9(14)17/h1-2,5H,3-4H2,(H2,14,17)(H,15,16). The first-order valence-electron chi connectivity index (χ1n) is 5.02. The van der Waals surface area contributed by atoms with Crippen molar-refractivity contribution in [1.82, 2.24) is 0 Å². The lowest BCUT2D eigenvalue weighted by atomic mass is 10.1. The highest BCUT2D eigenvalue weighted by Crippen LogP contribution is 2.47. The van der Waals surface area contributed by atoms with E-state index in [2.05, 4.69) is 5.32 Å². The van der Waals surface area contributed by atoms with Gasteiger partial charge in [-0.05, 0) is 31.0 Å². The summed E-state index contributed by atoms with van der Waals surface area (Å²) in [6.07, 6.45) is 1.37. The van der Waals surface area contributed by atoms with Gasteiger partial charge in [-0.2, -0.15) is 0 Å². The number of anilines is 1. The van der Waals surface area contributed by atoms with Gasteiger partial charge in [0.25, 0.3) is 0 Å². The summed E-state index contributed by atoms with van der Waals surface area (Å²) in [5.74, 6) is -0.214. The molecule has 0 aliphatic heterocycles. The van der Waals surface area contributed by atoms with Crippen LogP contribution in [0, 0.1) is 5.41 Å². The molecule has 0 spiro atoms. The normalized spacial score (nSPS) is 16.4. The third kappa shape index (κ3) is 2.39. The van der Waals surface area contributed by atoms with E-state index in [0.29, 0.717) is 28.6 Å². The first kappa shape index (κ1) is 12.6. The van der Waals surface area contributed by atoms with Gasteiger partial charge in [-0.25, -0.2) is 0 Å². The number of carbonyl (C=O) groups is 1. The van der Waals surface area contributed by atoms with E-state index in [4.69, 9.17) is 41.2 Å². The van der Waals surface area contributed by atoms with Crippen LogP contribution in [0.25, 0.3) is 0 Å². The van der Waals surface area contributed by atoms with Crippen LogP contribution in [0.2, 0.25) is 10.0 Å². The summed E-state index contributed by atoms with van der Waals surface area (Å²) < 4.78 is 0. The highest BCUT2D eigenvalue weighted by Gasteiger charge is 2.52. The molecule has 0 saturated heterocycles. The van der Waals surface area contributed by atoms with Gasteiger partial charge in [-0.1, -0.05) is 35.4 Å². The Kier molecular flexibility index (Phi) is 3.30. The van der Waals surface area contributed by atoms with Gasteiger partial charge < -0.3 is 11.1 Å². The second-order valence-corrected chi connectivity index (χ2v) is 5.31. The number of carbonyl (C=O) groups excluding carboxylic acids is 1. The van der Waals surface area contributed by atoms with Gasteiger partial charge in [0.2, 0.25) is 5.91 Å². The van der Waals surface area contributed by atoms with Crippen molar-refractivity contribution in [3.63, 3.8) is 0 Å². The smallest absolute Gasteiger partial charge is 0.237 e. The molecule has 0 radical (unpaired) electrons. The van der Waals surface area contributed by atoms with Gasteiger partial charge in [0, 0.05) is 5.02 Å². The molecule has 0 atom stereocenters. The van der Waals surface area contributed by atoms with Crippen molar-refractivity contribution >= 4 is 52.0 Å². The molecule has 1 amide bonds. The molecule has 1 aromatic carbocycles. The van der Waals surface area contributed by atoms with Gasteiger partial charge in [0.15, 0.2) is 0 Å². The minimum absolute atomic E-state index is 0.214. The van der Waals surface area contributed by atoms with Crippen LogP contribution in [-0.4, -0.2) is 10.9 Å². The van der Waals surface area contributed by atoms with E-state index < -0.39 is 5.41 Å². The summed E-state index contributed by atoms with van der Waals surface area (Å²) in [6, 6.07) is 4.87. The fourth-order valence-electron chi connectivity index (χ4n) is 1.55. The Labute approximate surface area is 114 Å². The van der Waals surface area contributed by atoms with Crippen LogP contribution in [0.15, 0.2) is 18.2 Å². The van der Waals surface area contributed by atoms with Crippen molar-refractivity contribution in [1.29, 1.82) is 0 Å². The van der Waals surface area contributed by atoms with Crippen LogP contribution in [0.5, 0.6) is 0 Å². The molecule has 0 unspecified atom stereocenters. The zero-order valence-corrected chi connectivity index (χ0v) is 11.1. The topological polar surface area (TPSA) is 55.1 Å². The summed E-state index contributed by atoms with van der Waals surface area (Å²) in [7, 11) is 0. The molecule has 2 rings (SSSR count). The number of rotatable bonds is 3. The SMILES string of the molecule is NC(=S)C1(C(=O)Nc2cc(Cl)ccc2Cl)CC1. The Morgan fingerprint density at radius 3 is 2.59 bits per heavy atom. The van der Waals surface area contributed by atoms with Gasteiger partial charge in [-0.3, -0.25) is 4.79 Å². The van der Waals surface area contributed by atoms with Crippen molar-refractivity contribution in [2.45, 2.75) is 12.8 Å². The lowest BCUT2D eigenvalue weighted by molar-refractivity contribution is -0.118. The van der Waals surface area contributed by atoms with Gasteiger partial charge in [0.1, 0.15) is 0 Å². The average Bonchev–Trinajstić information content (AvgIpc) is 3.04. The molecule has 3 N–H and O–H groups in total. The zero-order chi connectivity index (χ0) is 12.6. The number of halogens is 2. The van der Waals surface area contributed by atoms with E-state index in [-0.39, 0.29) is 10.9 Å². The van der Waals surface area contributed by atoms with Crippen molar-refractivity contribution in [3.8, 4) is 0 Å². The summed E-state index contributed by atoms with van der Waals surface area (Å²) in [5.41, 5.74) is 5.35. The minimum Gasteiger partial charge on any atom is -0.392 e. The maximum atomic E-state index is 12.0. The highest BCUT2D eigenvalue weighted by molar-refractivity contribution is 7.80. The average molecular weight is 289 g/mol. The fourth-order valence-corrected chi connectivity index (χ4v) is 2.18. The quantitative estimate of drug-likeness (QED) is 0.841. The molecule has 0 aromatic heterocycles. The van der Waals surface area contributed by atoms with E-state index in [1.54, 1.807) is 18.2 Å². The number of hydrogen-bond donors (Lipinski definition) is 2. The molecule has 0 bridgehead atoms. The van der Waals surface area contributed by atoms with E-state index >= 15 is 0 Å². The number of amides is 1. The first-order valence-corrected chi connectivity index (χ1v) is 6.18. The van der Waals surface area contributed by atoms with Crippen LogP contribution >= 0.6 is 35.4 Å². The van der Waals surface area contributed by atoms with Crippen molar-refractivity contribution in [2.24, 2.45) is 11.1 Å². The summed E-state index contributed by atoms with van der Waals surface area (Å²) in [6.45, 7) is 0. The van der Waals surface area contributed by atoms with Gasteiger partial charge in [-0.15, -0.1) is 0 Å². The minimum atomic E-state index is -0.693. The lowest BCUT2D eigenvalue weighted by Crippen LogP contribution is -2.35. The predicted octanol–water partition coefficient (Wildman–Crippen LogP) is 3.00. The first-order chi connectivity index (χ1) is 7.95. The summed E-state index contributed by atoms with van der Waals surface area (Å²) in [5, 5.41) is 3.65. The van der Waals surface area contributed by atoms with E-state index in [0.717, 1.165) is 0 Å². The Hall–Kier alpha value is -0.840. The number of nitrogens with two attached hydrogens (primary N) is 1. The maximum Gasteiger partial charge on any atom is 0.237 e. The number of nitrogens with one attached hydrogen (secondary N) is 1. The van der Waals surface area contributed by atoms with Crippen LogP contribution in [-0.2, 0) is 4.79 Å². The largest absolute Gasteiger partial charge is 0.392 e. The second kappa shape index (κ2) is 4.44. The molecular weight excluding hydrogens is 279 g/mol. The third-order valence-electron chi connectivity index (χ3n) is 2.83. The van der Waals surface area contributed by atoms with Crippen molar-refractivity contribution < 1.29 is 4.79 Å². The fraction of sp³-hybridized carbons (Fsp3) is 0.273. The third-order valence-corrected chi connectivity index (χ3v) is 3.79. The van der Waals surface area contributed by atoms with E-state index in [1.807, 2.05) is 0 Å². The molecular formula is C11H10Cl2N2OS. The number of benzene rings is 1. The van der Waals surface area contributed by atoms with Gasteiger partial charge >= 0.3 is 0 Å². The van der Waals surface area contributed by atoms with Crippen molar-refractivity contribution in [2.75, 3.05) is 5.32 Å². The highest BCUT2D eigenvalue weighted by atomic mass is 35.5. The maximum absolute atomic E-state index is 12.0. The van der Waals surface area contributed by atoms with Gasteiger partial charge in [0.05, 0.1) is 21.1 Å². The number of hydrogen-bond acceptors (Lipinski definition) is 2. The van der Waals surface area contributed by atoms with Crippen LogP contribution in [0.1, 0.15) is 12.8 Å². The second-order valence-electron chi connectivity index (χ2n) is 4.02. The van der Waals surface area contributed by atoms with Crippen LogP contribution in [0.3, 0.4) is 0 Å². The molecule has 3 nitrogen and oxygen atoms in total. The molecule has 1 aliphatic carbocycles. The van der Waals surface area contributed by atoms with E-state index in [9.17, 15) is 4.79 Å². The molecule has 1 aliphatic rings. The van der Waals surface area contributed by atoms with Crippen molar-refractivity contribution in [3.05, 3.63) is 28.2 Å². The Balaban J connectivity index is 2.19. The zero-order valence-electron chi connectivity index (χ0n) is 8.80. The molecule has 6 heteroatoms. The van der Waals surface area contributed by atoms with Crippen LogP contribution < -0.4 is 11.1 Å². The Morgan fingerprint density at radius 2 is 2.06 bits per heavy atom. The molecule has 0 heterocycles. The molecule has 1 aromatic rings. The predicted molar refractivity (Wildman–Crippen MR) is 73.5 cm³/mol. The molecule has 90 valence electrons. The monoisotopic (exact) mass is 288 g/mol. The molecule has 1 fully saturated rings. The summed E-state index contributed by atoms with van der Waals surface area (Å²) in [4.78, 5) is 12.3. The summed E-state index contributed by atoms with van der Waals surface area (Å²) >= 11 is 16.7. The van der Waals surface area contributed by atoms with Crippen LogP contribution in [0.4, 0.5) is 5.69 Å². The molecule has 1 saturated carbocycles.